The summed E-state index contributed by atoms with van der Waals surface area (Å²) in [6.45, 7) is 2.46. The first-order valence-corrected chi connectivity index (χ1v) is 12.1. The minimum Gasteiger partial charge on any atom is -0.338 e. The lowest BCUT2D eigenvalue weighted by Gasteiger charge is -2.26. The fraction of sp³-hybridized carbons (Fsp3) is 0.360. The molecule has 6 rings (SSSR count). The van der Waals surface area contributed by atoms with Crippen LogP contribution in [0, 0.1) is 5.92 Å². The second kappa shape index (κ2) is 7.38. The molecule has 2 aromatic carbocycles. The summed E-state index contributed by atoms with van der Waals surface area (Å²) >= 11 is 1.33. The predicted octanol–water partition coefficient (Wildman–Crippen LogP) is 3.32. The van der Waals surface area contributed by atoms with E-state index < -0.39 is 11.5 Å². The van der Waals surface area contributed by atoms with Crippen molar-refractivity contribution in [2.75, 3.05) is 11.9 Å². The summed E-state index contributed by atoms with van der Waals surface area (Å²) in [5.41, 5.74) is 1.87. The van der Waals surface area contributed by atoms with E-state index in [4.69, 9.17) is 0 Å². The SMILES string of the molecule is CC1C[C@@H]2C[C@@]3(CN2C(=O)[C@@H](NC(=O)c2nc4ccccc4s2)C1)C(=O)Nc1ccccc13. The molecule has 7 nitrogen and oxygen atoms in total. The van der Waals surface area contributed by atoms with Gasteiger partial charge < -0.3 is 15.5 Å². The molecule has 0 bridgehead atoms. The van der Waals surface area contributed by atoms with E-state index in [0.29, 0.717) is 24.4 Å². The Morgan fingerprint density at radius 2 is 1.94 bits per heavy atom. The third-order valence-electron chi connectivity index (χ3n) is 7.28. The molecule has 1 unspecified atom stereocenters. The Bertz CT molecular complexity index is 1270. The first-order chi connectivity index (χ1) is 15.9. The van der Waals surface area contributed by atoms with Crippen LogP contribution in [0.25, 0.3) is 10.2 Å². The van der Waals surface area contributed by atoms with E-state index in [-0.39, 0.29) is 29.7 Å². The third-order valence-corrected chi connectivity index (χ3v) is 8.31. The van der Waals surface area contributed by atoms with Gasteiger partial charge in [0.25, 0.3) is 5.91 Å². The lowest BCUT2D eigenvalue weighted by molar-refractivity contribution is -0.133. The minimum atomic E-state index is -0.713. The number of hydrogen-bond donors (Lipinski definition) is 2. The van der Waals surface area contributed by atoms with Crippen LogP contribution in [0.4, 0.5) is 5.69 Å². The molecular formula is C25H24N4O3S. The van der Waals surface area contributed by atoms with Crippen molar-refractivity contribution in [1.82, 2.24) is 15.2 Å². The molecule has 8 heteroatoms. The largest absolute Gasteiger partial charge is 0.338 e. The van der Waals surface area contributed by atoms with Gasteiger partial charge in [-0.3, -0.25) is 14.4 Å². The van der Waals surface area contributed by atoms with Gasteiger partial charge in [-0.1, -0.05) is 37.3 Å². The summed E-state index contributed by atoms with van der Waals surface area (Å²) in [7, 11) is 0. The molecule has 3 aliphatic heterocycles. The van der Waals surface area contributed by atoms with E-state index in [9.17, 15) is 14.4 Å². The van der Waals surface area contributed by atoms with Gasteiger partial charge in [0.2, 0.25) is 11.8 Å². The molecule has 168 valence electrons. The van der Waals surface area contributed by atoms with Crippen LogP contribution in [-0.2, 0) is 15.0 Å². The summed E-state index contributed by atoms with van der Waals surface area (Å²) < 4.78 is 0.940. The highest BCUT2D eigenvalue weighted by atomic mass is 32.1. The molecule has 0 radical (unpaired) electrons. The zero-order valence-corrected chi connectivity index (χ0v) is 19.0. The van der Waals surface area contributed by atoms with Gasteiger partial charge >= 0.3 is 0 Å². The van der Waals surface area contributed by atoms with Crippen molar-refractivity contribution in [3.05, 3.63) is 59.1 Å². The van der Waals surface area contributed by atoms with Crippen molar-refractivity contribution in [2.24, 2.45) is 5.92 Å². The Kier molecular flexibility index (Phi) is 4.55. The molecular weight excluding hydrogens is 436 g/mol. The third kappa shape index (κ3) is 3.15. The second-order valence-corrected chi connectivity index (χ2v) is 10.5. The number of carbonyl (C=O) groups excluding carboxylic acids is 3. The fourth-order valence-electron chi connectivity index (χ4n) is 5.77. The number of nitrogens with zero attached hydrogens (tertiary/aromatic N) is 2. The summed E-state index contributed by atoms with van der Waals surface area (Å²) in [4.78, 5) is 46.0. The maximum absolute atomic E-state index is 13.6. The van der Waals surface area contributed by atoms with Crippen LogP contribution in [0.3, 0.4) is 0 Å². The molecule has 2 N–H and O–H groups in total. The number of hydrogen-bond acceptors (Lipinski definition) is 5. The molecule has 4 atom stereocenters. The summed E-state index contributed by atoms with van der Waals surface area (Å²) in [5, 5.41) is 6.32. The molecule has 3 aromatic rings. The first kappa shape index (κ1) is 20.4. The van der Waals surface area contributed by atoms with Crippen molar-refractivity contribution in [3.8, 4) is 0 Å². The molecule has 33 heavy (non-hydrogen) atoms. The minimum absolute atomic E-state index is 0.0197. The van der Waals surface area contributed by atoms with Crippen LogP contribution in [0.15, 0.2) is 48.5 Å². The van der Waals surface area contributed by atoms with Crippen molar-refractivity contribution in [2.45, 2.75) is 43.7 Å². The van der Waals surface area contributed by atoms with Gasteiger partial charge in [-0.2, -0.15) is 0 Å². The number of carbonyl (C=O) groups is 3. The van der Waals surface area contributed by atoms with Gasteiger partial charge in [0.15, 0.2) is 5.01 Å². The molecule has 0 aliphatic carbocycles. The fourth-order valence-corrected chi connectivity index (χ4v) is 6.64. The Morgan fingerprint density at radius 1 is 1.15 bits per heavy atom. The number of fused-ring (bicyclic) bond motifs is 4. The van der Waals surface area contributed by atoms with E-state index in [0.717, 1.165) is 27.9 Å². The van der Waals surface area contributed by atoms with E-state index in [1.807, 2.05) is 53.4 Å². The van der Waals surface area contributed by atoms with Gasteiger partial charge in [-0.25, -0.2) is 4.98 Å². The summed E-state index contributed by atoms with van der Waals surface area (Å²) in [6, 6.07) is 14.7. The number of aromatic nitrogens is 1. The van der Waals surface area contributed by atoms with Gasteiger partial charge in [-0.05, 0) is 48.9 Å². The highest BCUT2D eigenvalue weighted by molar-refractivity contribution is 7.20. The number of thiazole rings is 1. The Morgan fingerprint density at radius 3 is 2.79 bits per heavy atom. The lowest BCUT2D eigenvalue weighted by Crippen LogP contribution is -2.49. The van der Waals surface area contributed by atoms with Gasteiger partial charge in [0, 0.05) is 18.3 Å². The van der Waals surface area contributed by atoms with Crippen LogP contribution >= 0.6 is 11.3 Å². The van der Waals surface area contributed by atoms with Gasteiger partial charge in [0.05, 0.1) is 15.6 Å². The Balaban J connectivity index is 1.27. The van der Waals surface area contributed by atoms with Crippen molar-refractivity contribution < 1.29 is 14.4 Å². The number of para-hydroxylation sites is 2. The Labute approximate surface area is 195 Å². The highest BCUT2D eigenvalue weighted by Gasteiger charge is 2.57. The molecule has 1 aromatic heterocycles. The number of benzene rings is 2. The highest BCUT2D eigenvalue weighted by Crippen LogP contribution is 2.48. The monoisotopic (exact) mass is 460 g/mol. The van der Waals surface area contributed by atoms with Crippen LogP contribution in [0.2, 0.25) is 0 Å². The first-order valence-electron chi connectivity index (χ1n) is 11.3. The van der Waals surface area contributed by atoms with Crippen molar-refractivity contribution >= 4 is 45.0 Å². The van der Waals surface area contributed by atoms with E-state index in [1.165, 1.54) is 11.3 Å². The van der Waals surface area contributed by atoms with Crippen molar-refractivity contribution in [3.63, 3.8) is 0 Å². The van der Waals surface area contributed by atoms with E-state index in [2.05, 4.69) is 22.5 Å². The lowest BCUT2D eigenvalue weighted by atomic mass is 9.78. The standard InChI is InChI=1S/C25H24N4O3S/c1-14-10-15-12-25(16-6-2-3-7-17(16)28-24(25)32)13-29(15)23(31)19(11-14)26-21(30)22-27-18-8-4-5-9-20(18)33-22/h2-9,14-15,19H,10-13H2,1H3,(H,26,30)(H,28,32)/t14?,15-,19+,25+/m1/s1. The zero-order chi connectivity index (χ0) is 22.7. The van der Waals surface area contributed by atoms with Crippen LogP contribution in [0.5, 0.6) is 0 Å². The average molecular weight is 461 g/mol. The number of rotatable bonds is 2. The smallest absolute Gasteiger partial charge is 0.280 e. The summed E-state index contributed by atoms with van der Waals surface area (Å²) in [6.07, 6.45) is 2.01. The topological polar surface area (TPSA) is 91.4 Å². The zero-order valence-electron chi connectivity index (χ0n) is 18.2. The number of anilines is 1. The number of nitrogens with one attached hydrogen (secondary N) is 2. The average Bonchev–Trinajstić information content (AvgIpc) is 3.46. The molecule has 1 spiro atoms. The quantitative estimate of drug-likeness (QED) is 0.614. The number of amides is 3. The van der Waals surface area contributed by atoms with Gasteiger partial charge in [-0.15, -0.1) is 11.3 Å². The van der Waals surface area contributed by atoms with Crippen LogP contribution < -0.4 is 10.6 Å². The normalized spacial score (nSPS) is 28.5. The predicted molar refractivity (Wildman–Crippen MR) is 126 cm³/mol. The molecule has 0 saturated carbocycles. The van der Waals surface area contributed by atoms with E-state index in [1.54, 1.807) is 0 Å². The molecule has 3 amide bonds. The second-order valence-electron chi connectivity index (χ2n) is 9.50. The molecule has 2 saturated heterocycles. The van der Waals surface area contributed by atoms with Crippen LogP contribution in [0.1, 0.15) is 41.6 Å². The molecule has 2 fully saturated rings. The maximum atomic E-state index is 13.6. The summed E-state index contributed by atoms with van der Waals surface area (Å²) in [5.74, 6) is -0.224. The molecule has 4 heterocycles. The van der Waals surface area contributed by atoms with Gasteiger partial charge in [0.1, 0.15) is 6.04 Å². The maximum Gasteiger partial charge on any atom is 0.280 e. The van der Waals surface area contributed by atoms with E-state index >= 15 is 0 Å². The van der Waals surface area contributed by atoms with Crippen LogP contribution in [-0.4, -0.2) is 46.2 Å². The molecule has 3 aliphatic rings. The van der Waals surface area contributed by atoms with Crippen molar-refractivity contribution in [1.29, 1.82) is 0 Å². The Hall–Kier alpha value is -3.26.